The van der Waals surface area contributed by atoms with E-state index in [4.69, 9.17) is 9.47 Å². The van der Waals surface area contributed by atoms with Gasteiger partial charge in [0.05, 0.1) is 11.6 Å². The number of rotatable bonds is 3. The summed E-state index contributed by atoms with van der Waals surface area (Å²) < 4.78 is 11.7. The summed E-state index contributed by atoms with van der Waals surface area (Å²) in [6.07, 6.45) is 8.06. The van der Waals surface area contributed by atoms with Gasteiger partial charge in [0.2, 0.25) is 6.79 Å². The molecule has 1 aliphatic carbocycles. The molecule has 0 bridgehead atoms. The molecule has 3 heterocycles. The Bertz CT molecular complexity index is 1030. The number of hydrogen-bond donors (Lipinski definition) is 1. The number of thiophene rings is 1. The van der Waals surface area contributed by atoms with Crippen LogP contribution in [0.3, 0.4) is 0 Å². The second-order valence-electron chi connectivity index (χ2n) is 6.21. The first-order valence-electron chi connectivity index (χ1n) is 8.43. The van der Waals surface area contributed by atoms with Crippen LogP contribution in [0, 0.1) is 0 Å². The largest absolute Gasteiger partial charge is 0.454 e. The van der Waals surface area contributed by atoms with E-state index in [0.29, 0.717) is 0 Å². The van der Waals surface area contributed by atoms with E-state index in [2.05, 4.69) is 36.4 Å². The number of ether oxygens (including phenoxy) is 2. The van der Waals surface area contributed by atoms with E-state index in [1.54, 1.807) is 23.9 Å². The van der Waals surface area contributed by atoms with Crippen LogP contribution in [0.25, 0.3) is 10.2 Å². The molecule has 8 heteroatoms. The van der Waals surface area contributed by atoms with E-state index in [-0.39, 0.29) is 6.79 Å². The van der Waals surface area contributed by atoms with Crippen molar-refractivity contribution in [2.45, 2.75) is 25.7 Å². The Labute approximate surface area is 162 Å². The average molecular weight is 431 g/mol. The van der Waals surface area contributed by atoms with Crippen molar-refractivity contribution in [2.75, 3.05) is 12.2 Å². The summed E-state index contributed by atoms with van der Waals surface area (Å²) in [6.45, 7) is 0.253. The maximum Gasteiger partial charge on any atom is 0.231 e. The van der Waals surface area contributed by atoms with Crippen molar-refractivity contribution in [3.05, 3.63) is 38.9 Å². The molecule has 0 fully saturated rings. The Kier molecular flexibility index (Phi) is 4.01. The molecule has 0 atom stereocenters. The minimum Gasteiger partial charge on any atom is -0.454 e. The van der Waals surface area contributed by atoms with Crippen LogP contribution in [0.1, 0.15) is 28.8 Å². The van der Waals surface area contributed by atoms with Gasteiger partial charge in [-0.1, -0.05) is 0 Å². The van der Waals surface area contributed by atoms with E-state index in [1.807, 2.05) is 12.1 Å². The van der Waals surface area contributed by atoms with Crippen LogP contribution in [-0.4, -0.2) is 23.0 Å². The Hall–Kier alpha value is -2.19. The number of nitrogens with one attached hydrogen (secondary N) is 1. The lowest BCUT2D eigenvalue weighted by Crippen LogP contribution is -2.01. The zero-order valence-corrected chi connectivity index (χ0v) is 16.2. The number of hydrazone groups is 1. The fourth-order valence-corrected chi connectivity index (χ4v) is 5.02. The third-order valence-electron chi connectivity index (χ3n) is 4.62. The lowest BCUT2D eigenvalue weighted by atomic mass is 9.97. The summed E-state index contributed by atoms with van der Waals surface area (Å²) >= 11 is 5.32. The summed E-state index contributed by atoms with van der Waals surface area (Å²) in [5.74, 6) is 2.23. The molecule has 2 aromatic heterocycles. The van der Waals surface area contributed by atoms with Crippen molar-refractivity contribution in [1.29, 1.82) is 0 Å². The molecule has 0 radical (unpaired) electrons. The van der Waals surface area contributed by atoms with Crippen LogP contribution >= 0.6 is 27.3 Å². The number of nitrogens with zero attached hydrogens (tertiary/aromatic N) is 3. The lowest BCUT2D eigenvalue weighted by molar-refractivity contribution is 0.174. The number of hydrogen-bond acceptors (Lipinski definition) is 7. The summed E-state index contributed by atoms with van der Waals surface area (Å²) in [5, 5.41) is 5.51. The fraction of sp³-hybridized carbons (Fsp3) is 0.278. The average Bonchev–Trinajstić information content (AvgIpc) is 3.25. The van der Waals surface area contributed by atoms with Gasteiger partial charge in [-0.3, -0.25) is 5.43 Å². The normalized spacial score (nSPS) is 15.6. The summed E-state index contributed by atoms with van der Waals surface area (Å²) in [6, 6.07) is 3.79. The highest BCUT2D eigenvalue weighted by Crippen LogP contribution is 2.38. The zero-order chi connectivity index (χ0) is 17.5. The van der Waals surface area contributed by atoms with Gasteiger partial charge in [-0.25, -0.2) is 9.97 Å². The Morgan fingerprint density at radius 1 is 1.15 bits per heavy atom. The van der Waals surface area contributed by atoms with E-state index >= 15 is 0 Å². The molecule has 2 aliphatic rings. The minimum absolute atomic E-state index is 0.253. The molecular weight excluding hydrogens is 416 g/mol. The first-order valence-corrected chi connectivity index (χ1v) is 10.0. The molecule has 26 heavy (non-hydrogen) atoms. The maximum atomic E-state index is 5.42. The molecule has 0 spiro atoms. The summed E-state index contributed by atoms with van der Waals surface area (Å²) in [7, 11) is 0. The van der Waals surface area contributed by atoms with Crippen molar-refractivity contribution in [3.8, 4) is 11.5 Å². The van der Waals surface area contributed by atoms with Crippen molar-refractivity contribution in [3.63, 3.8) is 0 Å². The number of aryl methyl sites for hydroxylation is 2. The molecule has 3 aromatic rings. The molecular formula is C18H15BrN4O2S. The predicted molar refractivity (Wildman–Crippen MR) is 106 cm³/mol. The maximum absolute atomic E-state index is 5.42. The molecule has 132 valence electrons. The first kappa shape index (κ1) is 16.0. The van der Waals surface area contributed by atoms with Gasteiger partial charge >= 0.3 is 0 Å². The fourth-order valence-electron chi connectivity index (χ4n) is 3.37. The molecule has 0 unspecified atom stereocenters. The Balaban J connectivity index is 1.45. The van der Waals surface area contributed by atoms with Crippen molar-refractivity contribution in [1.82, 2.24) is 9.97 Å². The van der Waals surface area contributed by atoms with E-state index in [1.165, 1.54) is 23.3 Å². The molecule has 0 saturated carbocycles. The highest BCUT2D eigenvalue weighted by Gasteiger charge is 2.20. The monoisotopic (exact) mass is 430 g/mol. The van der Waals surface area contributed by atoms with Crippen LogP contribution in [0.15, 0.2) is 28.0 Å². The van der Waals surface area contributed by atoms with Gasteiger partial charge in [-0.15, -0.1) is 11.3 Å². The van der Waals surface area contributed by atoms with E-state index in [0.717, 1.165) is 50.4 Å². The van der Waals surface area contributed by atoms with Gasteiger partial charge in [0, 0.05) is 14.9 Å². The van der Waals surface area contributed by atoms with Crippen LogP contribution in [0.4, 0.5) is 5.82 Å². The third kappa shape index (κ3) is 2.73. The summed E-state index contributed by atoms with van der Waals surface area (Å²) in [4.78, 5) is 11.3. The van der Waals surface area contributed by atoms with Gasteiger partial charge < -0.3 is 9.47 Å². The van der Waals surface area contributed by atoms with Gasteiger partial charge in [0.25, 0.3) is 0 Å². The number of anilines is 1. The zero-order valence-electron chi connectivity index (χ0n) is 13.8. The van der Waals surface area contributed by atoms with Gasteiger partial charge in [0.15, 0.2) is 17.3 Å². The van der Waals surface area contributed by atoms with E-state index in [9.17, 15) is 0 Å². The number of aromatic nitrogens is 2. The number of halogens is 1. The topological polar surface area (TPSA) is 68.6 Å². The minimum atomic E-state index is 0.253. The lowest BCUT2D eigenvalue weighted by Gasteiger charge is -2.11. The second-order valence-corrected chi connectivity index (χ2v) is 8.15. The van der Waals surface area contributed by atoms with E-state index < -0.39 is 0 Å². The molecule has 1 aromatic carbocycles. The molecule has 0 saturated heterocycles. The Morgan fingerprint density at radius 3 is 2.92 bits per heavy atom. The first-order chi connectivity index (χ1) is 12.8. The highest BCUT2D eigenvalue weighted by molar-refractivity contribution is 9.10. The van der Waals surface area contributed by atoms with Gasteiger partial charge in [-0.2, -0.15) is 5.10 Å². The van der Waals surface area contributed by atoms with Crippen molar-refractivity contribution in [2.24, 2.45) is 5.10 Å². The smallest absolute Gasteiger partial charge is 0.231 e. The second kappa shape index (κ2) is 6.51. The molecule has 1 aliphatic heterocycles. The standard InChI is InChI=1S/C18H15BrN4O2S/c19-12-6-14-13(24-9-25-14)5-10(12)7-22-23-17-16-11-3-1-2-4-15(11)26-18(16)21-8-20-17/h5-8H,1-4,9H2,(H,20,21,23)/b22-7-. The number of benzene rings is 1. The van der Waals surface area contributed by atoms with Crippen LogP contribution in [0.5, 0.6) is 11.5 Å². The van der Waals surface area contributed by atoms with Crippen molar-refractivity contribution < 1.29 is 9.47 Å². The molecule has 0 amide bonds. The van der Waals surface area contributed by atoms with Crippen LogP contribution < -0.4 is 14.9 Å². The third-order valence-corrected chi connectivity index (χ3v) is 6.50. The predicted octanol–water partition coefficient (Wildman–Crippen LogP) is 4.51. The SMILES string of the molecule is Brc1cc2c(cc1/C=N\Nc1ncnc3sc4c(c13)CCCC4)OCO2. The molecule has 5 rings (SSSR count). The molecule has 1 N–H and O–H groups in total. The highest BCUT2D eigenvalue weighted by atomic mass is 79.9. The van der Waals surface area contributed by atoms with Crippen LogP contribution in [0.2, 0.25) is 0 Å². The summed E-state index contributed by atoms with van der Waals surface area (Å²) in [5.41, 5.74) is 5.39. The van der Waals surface area contributed by atoms with Crippen LogP contribution in [-0.2, 0) is 12.8 Å². The van der Waals surface area contributed by atoms with Gasteiger partial charge in [-0.05, 0) is 59.3 Å². The quantitative estimate of drug-likeness (QED) is 0.488. The van der Waals surface area contributed by atoms with Gasteiger partial charge in [0.1, 0.15) is 11.2 Å². The number of fused-ring (bicyclic) bond motifs is 4. The Morgan fingerprint density at radius 2 is 2.00 bits per heavy atom. The van der Waals surface area contributed by atoms with Crippen molar-refractivity contribution >= 4 is 49.5 Å². The molecule has 6 nitrogen and oxygen atoms in total.